The highest BCUT2D eigenvalue weighted by Gasteiger charge is 2.21. The molecule has 2 amide bonds. The van der Waals surface area contributed by atoms with Crippen molar-refractivity contribution in [2.75, 3.05) is 6.61 Å². The van der Waals surface area contributed by atoms with Crippen molar-refractivity contribution >= 4 is 39.4 Å². The summed E-state index contributed by atoms with van der Waals surface area (Å²) in [5, 5.41) is 2.02. The van der Waals surface area contributed by atoms with Gasteiger partial charge in [-0.05, 0) is 35.9 Å². The van der Waals surface area contributed by atoms with Crippen LogP contribution >= 0.6 is 11.6 Å². The van der Waals surface area contributed by atoms with E-state index in [-0.39, 0.29) is 27.7 Å². The number of aromatic nitrogens is 1. The lowest BCUT2D eigenvalue weighted by atomic mass is 10.2. The normalized spacial score (nSPS) is 11.1. The molecule has 0 saturated heterocycles. The van der Waals surface area contributed by atoms with Gasteiger partial charge in [0.1, 0.15) is 10.6 Å². The Morgan fingerprint density at radius 1 is 1.03 bits per heavy atom. The molecule has 0 unspecified atom stereocenters. The minimum Gasteiger partial charge on any atom is -0.452 e. The highest BCUT2D eigenvalue weighted by Crippen LogP contribution is 2.23. The molecule has 0 spiro atoms. The van der Waals surface area contributed by atoms with Crippen LogP contribution in [0.5, 0.6) is 0 Å². The first-order valence-electron chi connectivity index (χ1n) is 9.63. The minimum absolute atomic E-state index is 0.0313. The number of rotatable bonds is 8. The van der Waals surface area contributed by atoms with Crippen LogP contribution in [-0.2, 0) is 33.1 Å². The largest absolute Gasteiger partial charge is 0.452 e. The lowest BCUT2D eigenvalue weighted by molar-refractivity contribution is -0.123. The van der Waals surface area contributed by atoms with Crippen molar-refractivity contribution in [2.24, 2.45) is 7.05 Å². The average Bonchev–Trinajstić information content (AvgIpc) is 3.23. The topological polar surface area (TPSA) is 124 Å². The van der Waals surface area contributed by atoms with Gasteiger partial charge >= 0.3 is 5.97 Å². The summed E-state index contributed by atoms with van der Waals surface area (Å²) in [5.41, 5.74) is 0.870. The fourth-order valence-electron chi connectivity index (χ4n) is 2.83. The molecule has 0 aliphatic rings. The van der Waals surface area contributed by atoms with Crippen LogP contribution < -0.4 is 10.0 Å². The molecule has 2 N–H and O–H groups in total. The summed E-state index contributed by atoms with van der Waals surface area (Å²) < 4.78 is 34.2. The Morgan fingerprint density at radius 3 is 2.42 bits per heavy atom. The third-order valence-corrected chi connectivity index (χ3v) is 6.41. The smallest absolute Gasteiger partial charge is 0.338 e. The van der Waals surface area contributed by atoms with Crippen LogP contribution in [0, 0.1) is 0 Å². The Bertz CT molecular complexity index is 1290. The Labute approximate surface area is 195 Å². The van der Waals surface area contributed by atoms with Crippen LogP contribution in [0.1, 0.15) is 26.4 Å². The first-order chi connectivity index (χ1) is 15.7. The summed E-state index contributed by atoms with van der Waals surface area (Å²) in [4.78, 5) is 36.0. The number of imide groups is 1. The van der Waals surface area contributed by atoms with Crippen molar-refractivity contribution in [1.29, 1.82) is 0 Å². The molecule has 3 aromatic rings. The van der Waals surface area contributed by atoms with Crippen molar-refractivity contribution in [2.45, 2.75) is 11.4 Å². The fourth-order valence-corrected chi connectivity index (χ4v) is 4.37. The molecular formula is C22H20ClN3O6S. The molecule has 1 heterocycles. The van der Waals surface area contributed by atoms with E-state index in [1.54, 1.807) is 43.6 Å². The summed E-state index contributed by atoms with van der Waals surface area (Å²) in [6.45, 7) is -0.699. The number of nitrogens with zero attached hydrogens (tertiary/aromatic N) is 1. The quantitative estimate of drug-likeness (QED) is 0.468. The van der Waals surface area contributed by atoms with Crippen LogP contribution in [0.3, 0.4) is 0 Å². The Balaban J connectivity index is 1.63. The summed E-state index contributed by atoms with van der Waals surface area (Å²) in [6, 6.07) is 15.6. The number of aryl methyl sites for hydroxylation is 1. The van der Waals surface area contributed by atoms with E-state index >= 15 is 0 Å². The summed E-state index contributed by atoms with van der Waals surface area (Å²) in [7, 11) is -2.40. The lowest BCUT2D eigenvalue weighted by Gasteiger charge is -2.11. The zero-order chi connectivity index (χ0) is 24.0. The number of sulfonamides is 1. The molecule has 0 bridgehead atoms. The number of ether oxygens (including phenoxy) is 1. The van der Waals surface area contributed by atoms with E-state index in [4.69, 9.17) is 16.3 Å². The maximum Gasteiger partial charge on any atom is 0.338 e. The number of benzene rings is 2. The third kappa shape index (κ3) is 6.28. The van der Waals surface area contributed by atoms with Crippen LogP contribution in [-0.4, -0.2) is 37.4 Å². The molecular weight excluding hydrogens is 470 g/mol. The van der Waals surface area contributed by atoms with E-state index < -0.39 is 34.4 Å². The molecule has 11 heteroatoms. The maximum absolute atomic E-state index is 12.7. The van der Waals surface area contributed by atoms with Crippen LogP contribution in [0.4, 0.5) is 0 Å². The molecule has 33 heavy (non-hydrogen) atoms. The molecule has 9 nitrogen and oxygen atoms in total. The molecule has 0 fully saturated rings. The number of esters is 1. The lowest BCUT2D eigenvalue weighted by Crippen LogP contribution is -2.35. The van der Waals surface area contributed by atoms with E-state index in [0.29, 0.717) is 0 Å². The van der Waals surface area contributed by atoms with Gasteiger partial charge in [0.2, 0.25) is 10.0 Å². The van der Waals surface area contributed by atoms with E-state index in [2.05, 4.69) is 10.0 Å². The standard InChI is InChI=1S/C22H20ClN3O6S/c1-26-11-5-8-18(26)21(28)25-20(27)14-32-22(29)16-9-10-17(23)19(12-16)33(30,31)24-13-15-6-3-2-4-7-15/h2-12,24H,13-14H2,1H3,(H,25,27,28). The summed E-state index contributed by atoms with van der Waals surface area (Å²) >= 11 is 6.04. The van der Waals surface area contributed by atoms with Crippen molar-refractivity contribution in [1.82, 2.24) is 14.6 Å². The van der Waals surface area contributed by atoms with Gasteiger partial charge < -0.3 is 9.30 Å². The minimum atomic E-state index is -4.04. The van der Waals surface area contributed by atoms with Gasteiger partial charge in [0, 0.05) is 19.8 Å². The van der Waals surface area contributed by atoms with Crippen LogP contribution in [0.15, 0.2) is 71.8 Å². The van der Waals surface area contributed by atoms with Crippen molar-refractivity contribution < 1.29 is 27.5 Å². The SMILES string of the molecule is Cn1cccc1C(=O)NC(=O)COC(=O)c1ccc(Cl)c(S(=O)(=O)NCc2ccccc2)c1. The highest BCUT2D eigenvalue weighted by molar-refractivity contribution is 7.89. The molecule has 0 saturated carbocycles. The number of halogens is 1. The summed E-state index contributed by atoms with van der Waals surface area (Å²) in [6.07, 6.45) is 1.64. The Hall–Kier alpha value is -3.47. The number of nitrogens with one attached hydrogen (secondary N) is 2. The van der Waals surface area contributed by atoms with Gasteiger partial charge in [-0.25, -0.2) is 17.9 Å². The molecule has 172 valence electrons. The van der Waals surface area contributed by atoms with Gasteiger partial charge in [-0.3, -0.25) is 14.9 Å². The van der Waals surface area contributed by atoms with Gasteiger partial charge in [-0.15, -0.1) is 0 Å². The predicted octanol–water partition coefficient (Wildman–Crippen LogP) is 2.27. The molecule has 0 atom stereocenters. The van der Waals surface area contributed by atoms with Gasteiger partial charge in [0.05, 0.1) is 10.6 Å². The first-order valence-corrected chi connectivity index (χ1v) is 11.5. The predicted molar refractivity (Wildman–Crippen MR) is 120 cm³/mol. The number of carbonyl (C=O) groups excluding carboxylic acids is 3. The number of amides is 2. The molecule has 1 aromatic heterocycles. The zero-order valence-corrected chi connectivity index (χ0v) is 19.0. The average molecular weight is 490 g/mol. The Kier molecular flexibility index (Phi) is 7.64. The molecule has 0 aliphatic heterocycles. The van der Waals surface area contributed by atoms with Gasteiger partial charge in [-0.1, -0.05) is 41.9 Å². The molecule has 2 aromatic carbocycles. The third-order valence-electron chi connectivity index (χ3n) is 4.53. The van der Waals surface area contributed by atoms with Gasteiger partial charge in [0.15, 0.2) is 6.61 Å². The van der Waals surface area contributed by atoms with E-state index in [9.17, 15) is 22.8 Å². The van der Waals surface area contributed by atoms with Crippen LogP contribution in [0.25, 0.3) is 0 Å². The summed E-state index contributed by atoms with van der Waals surface area (Å²) in [5.74, 6) is -2.43. The second-order valence-corrected chi connectivity index (χ2v) is 9.06. The maximum atomic E-state index is 12.7. The molecule has 0 radical (unpaired) electrons. The second kappa shape index (κ2) is 10.4. The molecule has 3 rings (SSSR count). The number of hydrogen-bond acceptors (Lipinski definition) is 6. The van der Waals surface area contributed by atoms with Gasteiger partial charge in [0.25, 0.3) is 11.8 Å². The number of hydrogen-bond donors (Lipinski definition) is 2. The van der Waals surface area contributed by atoms with E-state index in [0.717, 1.165) is 11.6 Å². The molecule has 0 aliphatic carbocycles. The van der Waals surface area contributed by atoms with Crippen LogP contribution in [0.2, 0.25) is 5.02 Å². The zero-order valence-electron chi connectivity index (χ0n) is 17.4. The highest BCUT2D eigenvalue weighted by atomic mass is 35.5. The first kappa shape index (κ1) is 24.2. The Morgan fingerprint density at radius 2 is 1.76 bits per heavy atom. The van der Waals surface area contributed by atoms with Crippen molar-refractivity contribution in [3.8, 4) is 0 Å². The van der Waals surface area contributed by atoms with Crippen molar-refractivity contribution in [3.05, 3.63) is 88.7 Å². The van der Waals surface area contributed by atoms with Crippen molar-refractivity contribution in [3.63, 3.8) is 0 Å². The van der Waals surface area contributed by atoms with E-state index in [1.165, 1.54) is 22.8 Å². The number of carbonyl (C=O) groups is 3. The van der Waals surface area contributed by atoms with Gasteiger partial charge in [-0.2, -0.15) is 0 Å². The monoisotopic (exact) mass is 489 g/mol. The van der Waals surface area contributed by atoms with E-state index in [1.807, 2.05) is 6.07 Å². The second-order valence-electron chi connectivity index (χ2n) is 6.91. The fraction of sp³-hybridized carbons (Fsp3) is 0.136.